The summed E-state index contributed by atoms with van der Waals surface area (Å²) in [7, 11) is 0. The molecule has 3 N–H and O–H groups in total. The predicted octanol–water partition coefficient (Wildman–Crippen LogP) is 0.262. The van der Waals surface area contributed by atoms with Crippen LogP contribution in [0.15, 0.2) is 12.1 Å². The molecule has 0 atom stereocenters. The zero-order valence-electron chi connectivity index (χ0n) is 7.32. The summed E-state index contributed by atoms with van der Waals surface area (Å²) < 4.78 is 10.1. The fourth-order valence-electron chi connectivity index (χ4n) is 1.26. The molecule has 0 aromatic heterocycles. The minimum atomic E-state index is -0.333. The lowest BCUT2D eigenvalue weighted by molar-refractivity contribution is 0.0998. The standard InChI is InChI=1S/C9H9NO4/c10-3-7(12)5-1-8-9(2-6(5)11)14-4-13-8/h1-2,11H,3-4,10H2. The van der Waals surface area contributed by atoms with E-state index in [9.17, 15) is 9.90 Å². The van der Waals surface area contributed by atoms with Crippen LogP contribution in [0, 0.1) is 0 Å². The molecule has 0 spiro atoms. The molecule has 0 amide bonds. The first-order valence-corrected chi connectivity index (χ1v) is 4.08. The molecule has 0 saturated heterocycles. The summed E-state index contributed by atoms with van der Waals surface area (Å²) in [5, 5.41) is 9.46. The summed E-state index contributed by atoms with van der Waals surface area (Å²) in [5.74, 6) is 0.432. The molecule has 0 radical (unpaired) electrons. The van der Waals surface area contributed by atoms with E-state index in [-0.39, 0.29) is 30.4 Å². The molecule has 1 heterocycles. The molecule has 74 valence electrons. The maximum atomic E-state index is 11.3. The molecule has 14 heavy (non-hydrogen) atoms. The van der Waals surface area contributed by atoms with Crippen molar-refractivity contribution in [3.05, 3.63) is 17.7 Å². The number of hydrogen-bond donors (Lipinski definition) is 2. The average Bonchev–Trinajstić information content (AvgIpc) is 2.62. The minimum Gasteiger partial charge on any atom is -0.507 e. The van der Waals surface area contributed by atoms with E-state index >= 15 is 0 Å². The number of ketones is 1. The van der Waals surface area contributed by atoms with Crippen molar-refractivity contribution >= 4 is 5.78 Å². The smallest absolute Gasteiger partial charge is 0.231 e. The Labute approximate surface area is 80.0 Å². The molecule has 0 bridgehead atoms. The molecule has 0 unspecified atom stereocenters. The van der Waals surface area contributed by atoms with Gasteiger partial charge in [0.2, 0.25) is 6.79 Å². The zero-order chi connectivity index (χ0) is 10.1. The van der Waals surface area contributed by atoms with Crippen molar-refractivity contribution in [3.63, 3.8) is 0 Å². The Balaban J connectivity index is 2.47. The number of aromatic hydroxyl groups is 1. The Morgan fingerprint density at radius 1 is 1.43 bits per heavy atom. The minimum absolute atomic E-state index is 0.106. The van der Waals surface area contributed by atoms with Crippen LogP contribution in [0.3, 0.4) is 0 Å². The molecule has 2 rings (SSSR count). The first-order valence-electron chi connectivity index (χ1n) is 4.08. The molecule has 0 fully saturated rings. The fourth-order valence-corrected chi connectivity index (χ4v) is 1.26. The summed E-state index contributed by atoms with van der Waals surface area (Å²) >= 11 is 0. The second kappa shape index (κ2) is 3.19. The number of rotatable bonds is 2. The lowest BCUT2D eigenvalue weighted by Gasteiger charge is -2.03. The average molecular weight is 195 g/mol. The second-order valence-corrected chi connectivity index (χ2v) is 2.85. The van der Waals surface area contributed by atoms with Gasteiger partial charge in [-0.15, -0.1) is 0 Å². The van der Waals surface area contributed by atoms with Gasteiger partial charge in [-0.2, -0.15) is 0 Å². The molecular weight excluding hydrogens is 186 g/mol. The Kier molecular flexibility index (Phi) is 2.01. The van der Waals surface area contributed by atoms with Crippen LogP contribution in [-0.4, -0.2) is 24.2 Å². The van der Waals surface area contributed by atoms with Gasteiger partial charge >= 0.3 is 0 Å². The van der Waals surface area contributed by atoms with E-state index in [0.29, 0.717) is 11.5 Å². The van der Waals surface area contributed by atoms with E-state index in [1.807, 2.05) is 0 Å². The Bertz CT molecular complexity index is 389. The molecule has 1 aliphatic rings. The number of carbonyl (C=O) groups is 1. The number of phenols is 1. The van der Waals surface area contributed by atoms with Crippen LogP contribution in [-0.2, 0) is 0 Å². The van der Waals surface area contributed by atoms with Crippen LogP contribution in [0.2, 0.25) is 0 Å². The number of Topliss-reactive ketones (excluding diaryl/α,β-unsaturated/α-hetero) is 1. The van der Waals surface area contributed by atoms with E-state index in [0.717, 1.165) is 0 Å². The van der Waals surface area contributed by atoms with E-state index in [1.54, 1.807) is 0 Å². The number of nitrogens with two attached hydrogens (primary N) is 1. The van der Waals surface area contributed by atoms with Crippen LogP contribution in [0.25, 0.3) is 0 Å². The molecule has 1 aromatic rings. The third kappa shape index (κ3) is 1.27. The van der Waals surface area contributed by atoms with Crippen molar-refractivity contribution in [3.8, 4) is 17.2 Å². The van der Waals surface area contributed by atoms with Crippen molar-refractivity contribution < 1.29 is 19.4 Å². The van der Waals surface area contributed by atoms with E-state index < -0.39 is 0 Å². The third-order valence-electron chi connectivity index (χ3n) is 1.98. The van der Waals surface area contributed by atoms with Crippen molar-refractivity contribution in [2.75, 3.05) is 13.3 Å². The van der Waals surface area contributed by atoms with E-state index in [4.69, 9.17) is 15.2 Å². The van der Waals surface area contributed by atoms with Crippen molar-refractivity contribution in [1.82, 2.24) is 0 Å². The SMILES string of the molecule is NCC(=O)c1cc2c(cc1O)OCO2. The second-order valence-electron chi connectivity index (χ2n) is 2.85. The molecule has 1 aromatic carbocycles. The van der Waals surface area contributed by atoms with Gasteiger partial charge < -0.3 is 20.3 Å². The molecule has 0 aliphatic carbocycles. The van der Waals surface area contributed by atoms with E-state index in [1.165, 1.54) is 12.1 Å². The van der Waals surface area contributed by atoms with Gasteiger partial charge in [0.1, 0.15) is 5.75 Å². The van der Waals surface area contributed by atoms with Gasteiger partial charge in [0, 0.05) is 6.07 Å². The molecule has 1 aliphatic heterocycles. The van der Waals surface area contributed by atoms with Crippen LogP contribution in [0.4, 0.5) is 0 Å². The summed E-state index contributed by atoms with van der Waals surface area (Å²) in [6.07, 6.45) is 0. The molecule has 0 saturated carbocycles. The van der Waals surface area contributed by atoms with Gasteiger partial charge in [-0.3, -0.25) is 4.79 Å². The highest BCUT2D eigenvalue weighted by Gasteiger charge is 2.19. The third-order valence-corrected chi connectivity index (χ3v) is 1.98. The lowest BCUT2D eigenvalue weighted by atomic mass is 10.1. The van der Waals surface area contributed by atoms with Gasteiger partial charge in [-0.25, -0.2) is 0 Å². The number of phenolic OH excluding ortho intramolecular Hbond substituents is 1. The van der Waals surface area contributed by atoms with Crippen molar-refractivity contribution in [1.29, 1.82) is 0 Å². The van der Waals surface area contributed by atoms with Gasteiger partial charge in [0.15, 0.2) is 17.3 Å². The maximum Gasteiger partial charge on any atom is 0.231 e. The van der Waals surface area contributed by atoms with Crippen LogP contribution in [0.1, 0.15) is 10.4 Å². The number of hydrogen-bond acceptors (Lipinski definition) is 5. The monoisotopic (exact) mass is 195 g/mol. The number of ether oxygens (including phenoxy) is 2. The largest absolute Gasteiger partial charge is 0.507 e. The Morgan fingerprint density at radius 3 is 2.71 bits per heavy atom. The van der Waals surface area contributed by atoms with Gasteiger partial charge in [-0.05, 0) is 6.07 Å². The number of fused-ring (bicyclic) bond motifs is 1. The number of carbonyl (C=O) groups excluding carboxylic acids is 1. The van der Waals surface area contributed by atoms with Crippen LogP contribution < -0.4 is 15.2 Å². The van der Waals surface area contributed by atoms with Crippen molar-refractivity contribution in [2.24, 2.45) is 5.73 Å². The maximum absolute atomic E-state index is 11.3. The molecule has 5 nitrogen and oxygen atoms in total. The quantitative estimate of drug-likeness (QED) is 0.661. The lowest BCUT2D eigenvalue weighted by Crippen LogP contribution is -2.13. The fraction of sp³-hybridized carbons (Fsp3) is 0.222. The first kappa shape index (κ1) is 8.83. The Morgan fingerprint density at radius 2 is 2.07 bits per heavy atom. The summed E-state index contributed by atoms with van der Waals surface area (Å²) in [5.41, 5.74) is 5.35. The van der Waals surface area contributed by atoms with Gasteiger partial charge in [0.05, 0.1) is 12.1 Å². The van der Waals surface area contributed by atoms with Gasteiger partial charge in [0.25, 0.3) is 0 Å². The normalized spacial score (nSPS) is 12.9. The topological polar surface area (TPSA) is 81.8 Å². The predicted molar refractivity (Wildman–Crippen MR) is 47.6 cm³/mol. The summed E-state index contributed by atoms with van der Waals surface area (Å²) in [4.78, 5) is 11.3. The Hall–Kier alpha value is -1.75. The van der Waals surface area contributed by atoms with Crippen molar-refractivity contribution in [2.45, 2.75) is 0 Å². The highest BCUT2D eigenvalue weighted by molar-refractivity contribution is 6.00. The zero-order valence-corrected chi connectivity index (χ0v) is 7.32. The van der Waals surface area contributed by atoms with E-state index in [2.05, 4.69) is 0 Å². The van der Waals surface area contributed by atoms with Crippen LogP contribution >= 0.6 is 0 Å². The summed E-state index contributed by atoms with van der Waals surface area (Å²) in [6.45, 7) is -0.0394. The highest BCUT2D eigenvalue weighted by Crippen LogP contribution is 2.37. The summed E-state index contributed by atoms with van der Waals surface area (Å²) in [6, 6.07) is 2.79. The van der Waals surface area contributed by atoms with Crippen LogP contribution in [0.5, 0.6) is 17.2 Å². The number of benzene rings is 1. The van der Waals surface area contributed by atoms with Gasteiger partial charge in [-0.1, -0.05) is 0 Å². The highest BCUT2D eigenvalue weighted by atomic mass is 16.7. The molecular formula is C9H9NO4. The first-order chi connectivity index (χ1) is 6.72. The molecule has 5 heteroatoms.